The van der Waals surface area contributed by atoms with E-state index >= 15 is 0 Å². The molecule has 0 spiro atoms. The number of benzene rings is 1. The summed E-state index contributed by atoms with van der Waals surface area (Å²) < 4.78 is 13.0. The fourth-order valence-corrected chi connectivity index (χ4v) is 4.02. The van der Waals surface area contributed by atoms with Crippen molar-refractivity contribution in [3.05, 3.63) is 40.7 Å². The average molecular weight is 406 g/mol. The van der Waals surface area contributed by atoms with Gasteiger partial charge in [-0.05, 0) is 44.0 Å². The quantitative estimate of drug-likeness (QED) is 0.803. The van der Waals surface area contributed by atoms with Gasteiger partial charge in [-0.2, -0.15) is 0 Å². The Hall–Kier alpha value is -1.21. The van der Waals surface area contributed by atoms with Crippen LogP contribution in [-0.2, 0) is 0 Å². The average Bonchev–Trinajstić information content (AvgIpc) is 3.15. The van der Waals surface area contributed by atoms with Crippen molar-refractivity contribution in [3.63, 3.8) is 0 Å². The van der Waals surface area contributed by atoms with Crippen molar-refractivity contribution < 1.29 is 9.18 Å². The monoisotopic (exact) mass is 405 g/mol. The standard InChI is InChI=1S/C17H20FN3OS.2ClH/c1-11-14(15(22)21-17(10-19)8-2-3-9-17)23-16(20-11)12-4-6-13(18)7-5-12;;/h4-7H,2-3,8-10,19H2,1H3,(H,21,22);2*1H. The van der Waals surface area contributed by atoms with Crippen molar-refractivity contribution in [2.45, 2.75) is 38.1 Å². The molecule has 1 aromatic carbocycles. The lowest BCUT2D eigenvalue weighted by Crippen LogP contribution is -2.51. The Morgan fingerprint density at radius 3 is 2.44 bits per heavy atom. The Labute approximate surface area is 163 Å². The summed E-state index contributed by atoms with van der Waals surface area (Å²) in [6.45, 7) is 2.28. The fraction of sp³-hybridized carbons (Fsp3) is 0.412. The van der Waals surface area contributed by atoms with Crippen molar-refractivity contribution >= 4 is 42.1 Å². The predicted octanol–water partition coefficient (Wildman–Crippen LogP) is 4.10. The van der Waals surface area contributed by atoms with Crippen LogP contribution in [0.1, 0.15) is 41.0 Å². The second-order valence-corrected chi connectivity index (χ2v) is 7.09. The van der Waals surface area contributed by atoms with Crippen molar-refractivity contribution in [1.29, 1.82) is 0 Å². The van der Waals surface area contributed by atoms with E-state index in [2.05, 4.69) is 10.3 Å². The summed E-state index contributed by atoms with van der Waals surface area (Å²) in [5.41, 5.74) is 7.11. The van der Waals surface area contributed by atoms with Gasteiger partial charge in [0.2, 0.25) is 0 Å². The minimum atomic E-state index is -0.286. The van der Waals surface area contributed by atoms with Crippen LogP contribution >= 0.6 is 36.2 Å². The number of nitrogens with zero attached hydrogens (tertiary/aromatic N) is 1. The van der Waals surface area contributed by atoms with Crippen LogP contribution in [0.4, 0.5) is 4.39 Å². The summed E-state index contributed by atoms with van der Waals surface area (Å²) in [6, 6.07) is 6.14. The third kappa shape index (κ3) is 4.70. The number of hydrogen-bond donors (Lipinski definition) is 2. The van der Waals surface area contributed by atoms with Gasteiger partial charge in [0, 0.05) is 12.1 Å². The van der Waals surface area contributed by atoms with Crippen LogP contribution in [-0.4, -0.2) is 23.0 Å². The zero-order valence-corrected chi connectivity index (χ0v) is 16.3. The normalized spacial score (nSPS) is 15.2. The Bertz CT molecular complexity index is 715. The first-order valence-corrected chi connectivity index (χ1v) is 8.61. The molecule has 1 heterocycles. The maximum atomic E-state index is 13.0. The molecule has 8 heteroatoms. The first kappa shape index (κ1) is 21.8. The van der Waals surface area contributed by atoms with Gasteiger partial charge in [0.1, 0.15) is 15.7 Å². The van der Waals surface area contributed by atoms with E-state index in [1.807, 2.05) is 6.92 Å². The summed E-state index contributed by atoms with van der Waals surface area (Å²) in [6.07, 6.45) is 4.05. The summed E-state index contributed by atoms with van der Waals surface area (Å²) in [4.78, 5) is 17.7. The van der Waals surface area contributed by atoms with Gasteiger partial charge in [0.05, 0.1) is 11.2 Å². The molecule has 25 heavy (non-hydrogen) atoms. The molecule has 0 aliphatic heterocycles. The van der Waals surface area contributed by atoms with Gasteiger partial charge in [-0.3, -0.25) is 4.79 Å². The molecule has 0 atom stereocenters. The third-order valence-electron chi connectivity index (χ3n) is 4.42. The summed E-state index contributed by atoms with van der Waals surface area (Å²) in [7, 11) is 0. The van der Waals surface area contributed by atoms with Crippen LogP contribution in [0, 0.1) is 12.7 Å². The lowest BCUT2D eigenvalue weighted by molar-refractivity contribution is 0.0906. The van der Waals surface area contributed by atoms with Crippen molar-refractivity contribution in [2.24, 2.45) is 5.73 Å². The van der Waals surface area contributed by atoms with E-state index in [0.717, 1.165) is 36.3 Å². The number of hydrogen-bond acceptors (Lipinski definition) is 4. The molecule has 138 valence electrons. The van der Waals surface area contributed by atoms with E-state index < -0.39 is 0 Å². The number of rotatable bonds is 4. The maximum absolute atomic E-state index is 13.0. The largest absolute Gasteiger partial charge is 0.345 e. The molecular formula is C17H22Cl2FN3OS. The van der Waals surface area contributed by atoms with Crippen LogP contribution in [0.2, 0.25) is 0 Å². The molecule has 1 fully saturated rings. The highest BCUT2D eigenvalue weighted by Crippen LogP contribution is 2.31. The lowest BCUT2D eigenvalue weighted by Gasteiger charge is -2.28. The SMILES string of the molecule is Cc1nc(-c2ccc(F)cc2)sc1C(=O)NC1(CN)CCCC1.Cl.Cl. The van der Waals surface area contributed by atoms with Gasteiger partial charge in [0.15, 0.2) is 0 Å². The number of amides is 1. The molecule has 1 aliphatic carbocycles. The molecule has 0 unspecified atom stereocenters. The van der Waals surface area contributed by atoms with Gasteiger partial charge in [-0.25, -0.2) is 9.37 Å². The number of carbonyl (C=O) groups is 1. The molecule has 1 aliphatic rings. The number of halogens is 3. The summed E-state index contributed by atoms with van der Waals surface area (Å²) in [5.74, 6) is -0.396. The van der Waals surface area contributed by atoms with Gasteiger partial charge >= 0.3 is 0 Å². The number of carbonyl (C=O) groups excluding carboxylic acids is 1. The number of aromatic nitrogens is 1. The number of nitrogens with one attached hydrogen (secondary N) is 1. The molecule has 0 radical (unpaired) electrons. The van der Waals surface area contributed by atoms with E-state index in [1.165, 1.54) is 23.5 Å². The zero-order valence-electron chi connectivity index (χ0n) is 13.9. The molecule has 4 nitrogen and oxygen atoms in total. The third-order valence-corrected chi connectivity index (χ3v) is 5.63. The molecular weight excluding hydrogens is 384 g/mol. The van der Waals surface area contributed by atoms with E-state index in [4.69, 9.17) is 5.73 Å². The van der Waals surface area contributed by atoms with Crippen LogP contribution < -0.4 is 11.1 Å². The van der Waals surface area contributed by atoms with Crippen LogP contribution in [0.25, 0.3) is 10.6 Å². The second-order valence-electron chi connectivity index (χ2n) is 6.09. The van der Waals surface area contributed by atoms with Gasteiger partial charge < -0.3 is 11.1 Å². The van der Waals surface area contributed by atoms with E-state index in [-0.39, 0.29) is 42.1 Å². The Kier molecular flexibility index (Phi) is 7.81. The maximum Gasteiger partial charge on any atom is 0.263 e. The van der Waals surface area contributed by atoms with Crippen molar-refractivity contribution in [1.82, 2.24) is 10.3 Å². The molecule has 3 N–H and O–H groups in total. The Morgan fingerprint density at radius 2 is 1.88 bits per heavy atom. The van der Waals surface area contributed by atoms with Gasteiger partial charge in [0.25, 0.3) is 5.91 Å². The molecule has 3 rings (SSSR count). The molecule has 2 aromatic rings. The molecule has 1 aromatic heterocycles. The lowest BCUT2D eigenvalue weighted by atomic mass is 9.98. The molecule has 0 saturated heterocycles. The fourth-order valence-electron chi connectivity index (χ4n) is 3.05. The zero-order chi connectivity index (χ0) is 16.4. The number of nitrogens with two attached hydrogens (primary N) is 1. The van der Waals surface area contributed by atoms with Crippen LogP contribution in [0.15, 0.2) is 24.3 Å². The van der Waals surface area contributed by atoms with E-state index in [0.29, 0.717) is 17.1 Å². The number of thiazole rings is 1. The highest BCUT2D eigenvalue weighted by atomic mass is 35.5. The highest BCUT2D eigenvalue weighted by Gasteiger charge is 2.34. The summed E-state index contributed by atoms with van der Waals surface area (Å²) in [5, 5.41) is 3.84. The van der Waals surface area contributed by atoms with Crippen LogP contribution in [0.3, 0.4) is 0 Å². The summed E-state index contributed by atoms with van der Waals surface area (Å²) >= 11 is 1.33. The van der Waals surface area contributed by atoms with E-state index in [9.17, 15) is 9.18 Å². The Balaban J connectivity index is 0.00000156. The number of aryl methyl sites for hydroxylation is 1. The van der Waals surface area contributed by atoms with E-state index in [1.54, 1.807) is 12.1 Å². The minimum absolute atomic E-state index is 0. The molecule has 0 bridgehead atoms. The topological polar surface area (TPSA) is 68.0 Å². The van der Waals surface area contributed by atoms with Crippen molar-refractivity contribution in [2.75, 3.05) is 6.54 Å². The smallest absolute Gasteiger partial charge is 0.263 e. The van der Waals surface area contributed by atoms with Gasteiger partial charge in [-0.15, -0.1) is 36.2 Å². The second kappa shape index (κ2) is 8.94. The highest BCUT2D eigenvalue weighted by molar-refractivity contribution is 7.17. The first-order valence-electron chi connectivity index (χ1n) is 7.79. The van der Waals surface area contributed by atoms with Crippen LogP contribution in [0.5, 0.6) is 0 Å². The minimum Gasteiger partial charge on any atom is -0.345 e. The Morgan fingerprint density at radius 1 is 1.28 bits per heavy atom. The molecule has 1 saturated carbocycles. The predicted molar refractivity (Wildman–Crippen MR) is 104 cm³/mol. The molecule has 1 amide bonds. The first-order chi connectivity index (χ1) is 11.0. The van der Waals surface area contributed by atoms with Crippen molar-refractivity contribution in [3.8, 4) is 10.6 Å². The van der Waals surface area contributed by atoms with Gasteiger partial charge in [-0.1, -0.05) is 12.8 Å².